The van der Waals surface area contributed by atoms with Gasteiger partial charge in [0, 0.05) is 5.69 Å². The maximum atomic E-state index is 12.7. The van der Waals surface area contributed by atoms with Crippen LogP contribution in [0.1, 0.15) is 6.92 Å². The summed E-state index contributed by atoms with van der Waals surface area (Å²) in [7, 11) is 0. The second kappa shape index (κ2) is 4.38. The molecule has 1 aromatic rings. The van der Waals surface area contributed by atoms with Gasteiger partial charge in [-0.25, -0.2) is 4.39 Å². The van der Waals surface area contributed by atoms with Crippen LogP contribution in [0.2, 0.25) is 0 Å². The van der Waals surface area contributed by atoms with Crippen molar-refractivity contribution in [2.75, 3.05) is 5.32 Å². The van der Waals surface area contributed by atoms with E-state index >= 15 is 0 Å². The van der Waals surface area contributed by atoms with Crippen LogP contribution in [0.5, 0.6) is 0 Å². The lowest BCUT2D eigenvalue weighted by Gasteiger charge is -2.09. The fraction of sp³-hybridized carbons (Fsp3) is 0.200. The highest BCUT2D eigenvalue weighted by molar-refractivity contribution is 5.87. The van der Waals surface area contributed by atoms with Gasteiger partial charge in [0.1, 0.15) is 5.82 Å². The van der Waals surface area contributed by atoms with Crippen LogP contribution < -0.4 is 5.32 Å². The number of nitrogens with zero attached hydrogens (tertiary/aromatic N) is 1. The van der Waals surface area contributed by atoms with Crippen molar-refractivity contribution in [2.45, 2.75) is 13.0 Å². The Bertz CT molecular complexity index is 384. The molecular weight excluding hydrogens is 183 g/mol. The molecular formula is C10H9FN2O. The van der Waals surface area contributed by atoms with Gasteiger partial charge in [-0.3, -0.25) is 4.79 Å². The number of halogens is 1. The largest absolute Gasteiger partial charge is 0.364 e. The summed E-state index contributed by atoms with van der Waals surface area (Å²) < 4.78 is 12.7. The lowest BCUT2D eigenvalue weighted by molar-refractivity contribution is -0.116. The third-order valence-electron chi connectivity index (χ3n) is 1.67. The monoisotopic (exact) mass is 192 g/mol. The predicted molar refractivity (Wildman–Crippen MR) is 50.1 cm³/mol. The van der Waals surface area contributed by atoms with E-state index in [1.165, 1.54) is 25.1 Å². The lowest BCUT2D eigenvalue weighted by Crippen LogP contribution is -2.25. The molecule has 0 aliphatic rings. The highest BCUT2D eigenvalue weighted by atomic mass is 19.1. The number of benzene rings is 1. The molecule has 0 amide bonds. The molecule has 0 bridgehead atoms. The SMILES string of the molecule is CC(=O)C(C#N)Nc1cccc(F)c1. The van der Waals surface area contributed by atoms with Gasteiger partial charge in [-0.05, 0) is 25.1 Å². The van der Waals surface area contributed by atoms with Gasteiger partial charge in [0.05, 0.1) is 6.07 Å². The summed E-state index contributed by atoms with van der Waals surface area (Å²) in [6.07, 6.45) is 0. The highest BCUT2D eigenvalue weighted by Gasteiger charge is 2.11. The van der Waals surface area contributed by atoms with Gasteiger partial charge < -0.3 is 5.32 Å². The number of carbonyl (C=O) groups excluding carboxylic acids is 1. The zero-order valence-electron chi connectivity index (χ0n) is 7.62. The van der Waals surface area contributed by atoms with E-state index in [1.54, 1.807) is 12.1 Å². The number of anilines is 1. The summed E-state index contributed by atoms with van der Waals surface area (Å²) in [5.74, 6) is -0.702. The van der Waals surface area contributed by atoms with E-state index in [0.29, 0.717) is 5.69 Å². The Balaban J connectivity index is 2.78. The molecule has 0 aliphatic carbocycles. The zero-order chi connectivity index (χ0) is 10.6. The van der Waals surface area contributed by atoms with E-state index in [0.717, 1.165) is 0 Å². The van der Waals surface area contributed by atoms with Crippen LogP contribution in [-0.2, 0) is 4.79 Å². The minimum atomic E-state index is -0.920. The van der Waals surface area contributed by atoms with E-state index in [1.807, 2.05) is 0 Å². The maximum Gasteiger partial charge on any atom is 0.173 e. The van der Waals surface area contributed by atoms with Gasteiger partial charge in [-0.2, -0.15) is 5.26 Å². The number of nitrogens with one attached hydrogen (secondary N) is 1. The third-order valence-corrected chi connectivity index (χ3v) is 1.67. The van der Waals surface area contributed by atoms with Crippen molar-refractivity contribution in [3.63, 3.8) is 0 Å². The molecule has 0 saturated carbocycles. The molecule has 1 atom stereocenters. The predicted octanol–water partition coefficient (Wildman–Crippen LogP) is 1.72. The molecule has 0 fully saturated rings. The molecule has 3 nitrogen and oxygen atoms in total. The van der Waals surface area contributed by atoms with Crippen molar-refractivity contribution in [2.24, 2.45) is 0 Å². The van der Waals surface area contributed by atoms with E-state index < -0.39 is 11.9 Å². The first-order chi connectivity index (χ1) is 6.63. The molecule has 0 aromatic heterocycles. The maximum absolute atomic E-state index is 12.7. The van der Waals surface area contributed by atoms with Crippen LogP contribution in [0.3, 0.4) is 0 Å². The Labute approximate surface area is 81.2 Å². The smallest absolute Gasteiger partial charge is 0.173 e. The number of nitriles is 1. The van der Waals surface area contributed by atoms with Gasteiger partial charge in [-0.15, -0.1) is 0 Å². The summed E-state index contributed by atoms with van der Waals surface area (Å²) >= 11 is 0. The molecule has 0 spiro atoms. The van der Waals surface area contributed by atoms with Crippen LogP contribution >= 0.6 is 0 Å². The molecule has 14 heavy (non-hydrogen) atoms. The van der Waals surface area contributed by atoms with Crippen molar-refractivity contribution in [1.82, 2.24) is 0 Å². The highest BCUT2D eigenvalue weighted by Crippen LogP contribution is 2.10. The summed E-state index contributed by atoms with van der Waals surface area (Å²) in [4.78, 5) is 10.9. The van der Waals surface area contributed by atoms with Crippen LogP contribution in [0.25, 0.3) is 0 Å². The van der Waals surface area contributed by atoms with Gasteiger partial charge >= 0.3 is 0 Å². The minimum Gasteiger partial charge on any atom is -0.364 e. The van der Waals surface area contributed by atoms with E-state index in [2.05, 4.69) is 5.32 Å². The number of ketones is 1. The first-order valence-corrected chi connectivity index (χ1v) is 4.05. The summed E-state index contributed by atoms with van der Waals surface area (Å²) in [6, 6.07) is 6.49. The summed E-state index contributed by atoms with van der Waals surface area (Å²) in [5, 5.41) is 11.2. The minimum absolute atomic E-state index is 0.295. The number of hydrogen-bond acceptors (Lipinski definition) is 3. The average molecular weight is 192 g/mol. The van der Waals surface area contributed by atoms with Crippen molar-refractivity contribution in [1.29, 1.82) is 5.26 Å². The summed E-state index contributed by atoms with van der Waals surface area (Å²) in [5.41, 5.74) is 0.423. The van der Waals surface area contributed by atoms with Crippen LogP contribution in [0, 0.1) is 17.1 Å². The first kappa shape index (κ1) is 10.2. The van der Waals surface area contributed by atoms with Crippen molar-refractivity contribution in [3.8, 4) is 6.07 Å². The molecule has 0 heterocycles. The Morgan fingerprint density at radius 1 is 1.64 bits per heavy atom. The van der Waals surface area contributed by atoms with Gasteiger partial charge in [0.2, 0.25) is 0 Å². The zero-order valence-corrected chi connectivity index (χ0v) is 7.62. The van der Waals surface area contributed by atoms with Crippen LogP contribution in [0.4, 0.5) is 10.1 Å². The standard InChI is InChI=1S/C10H9FN2O/c1-7(14)10(6-12)13-9-4-2-3-8(11)5-9/h2-5,10,13H,1H3. The Morgan fingerprint density at radius 3 is 2.86 bits per heavy atom. The lowest BCUT2D eigenvalue weighted by atomic mass is 10.2. The summed E-state index contributed by atoms with van der Waals surface area (Å²) in [6.45, 7) is 1.31. The molecule has 4 heteroatoms. The van der Waals surface area contributed by atoms with Crippen molar-refractivity contribution >= 4 is 11.5 Å². The first-order valence-electron chi connectivity index (χ1n) is 4.05. The topological polar surface area (TPSA) is 52.9 Å². The fourth-order valence-corrected chi connectivity index (χ4v) is 0.970. The number of rotatable bonds is 3. The Morgan fingerprint density at radius 2 is 2.36 bits per heavy atom. The third kappa shape index (κ3) is 2.56. The normalized spacial score (nSPS) is 11.5. The Hall–Kier alpha value is -1.89. The molecule has 0 saturated heterocycles. The van der Waals surface area contributed by atoms with E-state index in [9.17, 15) is 9.18 Å². The van der Waals surface area contributed by atoms with Crippen molar-refractivity contribution < 1.29 is 9.18 Å². The quantitative estimate of drug-likeness (QED) is 0.793. The molecule has 1 N–H and O–H groups in total. The number of carbonyl (C=O) groups is 1. The average Bonchev–Trinajstić information content (AvgIpc) is 2.14. The molecule has 0 aliphatic heterocycles. The fourth-order valence-electron chi connectivity index (χ4n) is 0.970. The van der Waals surface area contributed by atoms with Crippen molar-refractivity contribution in [3.05, 3.63) is 30.1 Å². The second-order valence-electron chi connectivity index (χ2n) is 2.83. The second-order valence-corrected chi connectivity index (χ2v) is 2.83. The molecule has 1 aromatic carbocycles. The van der Waals surface area contributed by atoms with Crippen LogP contribution in [0.15, 0.2) is 24.3 Å². The molecule has 72 valence electrons. The Kier molecular flexibility index (Phi) is 3.19. The molecule has 1 rings (SSSR count). The van der Waals surface area contributed by atoms with E-state index in [4.69, 9.17) is 5.26 Å². The number of Topliss-reactive ketones (excluding diaryl/α,β-unsaturated/α-hetero) is 1. The van der Waals surface area contributed by atoms with Gasteiger partial charge in [0.15, 0.2) is 11.8 Å². The van der Waals surface area contributed by atoms with Gasteiger partial charge in [-0.1, -0.05) is 6.07 Å². The van der Waals surface area contributed by atoms with Crippen LogP contribution in [-0.4, -0.2) is 11.8 Å². The molecule has 0 radical (unpaired) electrons. The number of hydrogen-bond donors (Lipinski definition) is 1. The van der Waals surface area contributed by atoms with E-state index in [-0.39, 0.29) is 5.78 Å². The van der Waals surface area contributed by atoms with Gasteiger partial charge in [0.25, 0.3) is 0 Å². The molecule has 1 unspecified atom stereocenters.